The highest BCUT2D eigenvalue weighted by Crippen LogP contribution is 2.41. The summed E-state index contributed by atoms with van der Waals surface area (Å²) in [6, 6.07) is 38.7. The van der Waals surface area contributed by atoms with Gasteiger partial charge in [0.05, 0.1) is 49.7 Å². The van der Waals surface area contributed by atoms with Crippen molar-refractivity contribution in [2.24, 2.45) is 0 Å². The summed E-state index contributed by atoms with van der Waals surface area (Å²) < 4.78 is 36.7. The molecule has 352 valence electrons. The molecule has 0 saturated heterocycles. The van der Waals surface area contributed by atoms with E-state index in [0.29, 0.717) is 86.2 Å². The lowest BCUT2D eigenvalue weighted by molar-refractivity contribution is 0.0879. The molecule has 0 unspecified atom stereocenters. The van der Waals surface area contributed by atoms with Gasteiger partial charge in [0.25, 0.3) is 0 Å². The van der Waals surface area contributed by atoms with Gasteiger partial charge in [-0.2, -0.15) is 0 Å². The van der Waals surface area contributed by atoms with Crippen LogP contribution in [0.3, 0.4) is 0 Å². The predicted octanol–water partition coefficient (Wildman–Crippen LogP) is 12.3. The summed E-state index contributed by atoms with van der Waals surface area (Å²) in [5, 5.41) is 1.46. The van der Waals surface area contributed by atoms with Gasteiger partial charge in [-0.05, 0) is 67.9 Å². The van der Waals surface area contributed by atoms with Crippen molar-refractivity contribution in [2.45, 2.75) is 20.3 Å². The molecule has 13 nitrogen and oxygen atoms in total. The van der Waals surface area contributed by atoms with E-state index in [-0.39, 0.29) is 24.7 Å². The molecule has 0 aliphatic carbocycles. The maximum atomic E-state index is 13.2. The molecule has 0 saturated carbocycles. The lowest BCUT2D eigenvalue weighted by Crippen LogP contribution is -2.12. The van der Waals surface area contributed by atoms with E-state index in [1.165, 1.54) is 10.9 Å². The van der Waals surface area contributed by atoms with E-state index in [2.05, 4.69) is 15.0 Å². The molecule has 70 heavy (non-hydrogen) atoms. The van der Waals surface area contributed by atoms with Gasteiger partial charge in [-0.1, -0.05) is 77.9 Å². The molecule has 6 aromatic carbocycles. The third-order valence-corrected chi connectivity index (χ3v) is 11.2. The topological polar surface area (TPSA) is 150 Å². The van der Waals surface area contributed by atoms with Gasteiger partial charge in [-0.15, -0.1) is 11.6 Å². The Morgan fingerprint density at radius 2 is 1.20 bits per heavy atom. The summed E-state index contributed by atoms with van der Waals surface area (Å²) in [5.74, 6) is 4.41. The van der Waals surface area contributed by atoms with Crippen LogP contribution in [0, 0.1) is 13.8 Å². The molecule has 0 fully saturated rings. The highest BCUT2D eigenvalue weighted by atomic mass is 35.5. The number of methoxy groups -OCH3 is 2. The Balaban J connectivity index is 0.000000191. The van der Waals surface area contributed by atoms with Gasteiger partial charge in [-0.25, -0.2) is 4.98 Å². The Kier molecular flexibility index (Phi) is 15.4. The molecular formula is C56H47ClN4O9. The SMILES string of the molecule is COc1cc2c(Oc3ccc(C)cc3-c3ccccc3C=O)ccnc2cc1OCCC(=O)n1ccnc1.COc1cc2c(Oc3ccc(C)cc3C(=O)c3ccccc3)ccnc2cc1OCCCl. The Labute approximate surface area is 409 Å². The molecule has 0 spiro atoms. The average molecular weight is 955 g/mol. The number of hydrogen-bond donors (Lipinski definition) is 0. The van der Waals surface area contributed by atoms with Crippen molar-refractivity contribution in [3.63, 3.8) is 0 Å². The molecule has 0 N–H and O–H groups in total. The number of rotatable bonds is 17. The van der Waals surface area contributed by atoms with Crippen LogP contribution in [0.1, 0.15) is 48.6 Å². The van der Waals surface area contributed by atoms with Gasteiger partial charge in [0.15, 0.2) is 35.1 Å². The van der Waals surface area contributed by atoms with Crippen molar-refractivity contribution in [1.29, 1.82) is 0 Å². The van der Waals surface area contributed by atoms with Gasteiger partial charge in [0.2, 0.25) is 5.91 Å². The summed E-state index contributed by atoms with van der Waals surface area (Å²) in [7, 11) is 3.12. The minimum Gasteiger partial charge on any atom is -0.493 e. The number of hydrogen-bond acceptors (Lipinski definition) is 12. The minimum atomic E-state index is -0.124. The zero-order valence-electron chi connectivity index (χ0n) is 38.8. The lowest BCUT2D eigenvalue weighted by atomic mass is 9.98. The van der Waals surface area contributed by atoms with Crippen LogP contribution in [0.4, 0.5) is 0 Å². The Morgan fingerprint density at radius 3 is 1.81 bits per heavy atom. The van der Waals surface area contributed by atoms with E-state index < -0.39 is 0 Å². The van der Waals surface area contributed by atoms with Crippen LogP contribution in [0.2, 0.25) is 0 Å². The summed E-state index contributed by atoms with van der Waals surface area (Å²) in [5.41, 5.74) is 6.61. The fourth-order valence-corrected chi connectivity index (χ4v) is 7.67. The number of halogens is 1. The highest BCUT2D eigenvalue weighted by molar-refractivity contribution is 6.18. The average Bonchev–Trinajstić information content (AvgIpc) is 3.95. The second kappa shape index (κ2) is 22.5. The molecule has 0 amide bonds. The zero-order valence-corrected chi connectivity index (χ0v) is 39.5. The number of carbonyl (C=O) groups excluding carboxylic acids is 3. The molecule has 14 heteroatoms. The molecule has 0 aliphatic heterocycles. The monoisotopic (exact) mass is 954 g/mol. The van der Waals surface area contributed by atoms with E-state index >= 15 is 0 Å². The molecule has 3 heterocycles. The van der Waals surface area contributed by atoms with E-state index in [4.69, 9.17) is 40.0 Å². The number of aryl methyl sites for hydroxylation is 2. The van der Waals surface area contributed by atoms with Crippen molar-refractivity contribution in [2.75, 3.05) is 33.3 Å². The number of ether oxygens (including phenoxy) is 6. The van der Waals surface area contributed by atoms with Gasteiger partial charge < -0.3 is 28.4 Å². The summed E-state index contributed by atoms with van der Waals surface area (Å²) >= 11 is 5.75. The molecule has 9 aromatic rings. The van der Waals surface area contributed by atoms with Crippen molar-refractivity contribution >= 4 is 51.4 Å². The zero-order chi connectivity index (χ0) is 49.0. The molecule has 0 bridgehead atoms. The number of pyridine rings is 2. The predicted molar refractivity (Wildman–Crippen MR) is 269 cm³/mol. The second-order valence-corrected chi connectivity index (χ2v) is 16.1. The first-order valence-electron chi connectivity index (χ1n) is 22.2. The number of alkyl halides is 1. The molecule has 0 radical (unpaired) electrons. The van der Waals surface area contributed by atoms with E-state index in [9.17, 15) is 14.4 Å². The van der Waals surface area contributed by atoms with Crippen molar-refractivity contribution in [3.8, 4) is 57.1 Å². The van der Waals surface area contributed by atoms with Crippen molar-refractivity contribution in [3.05, 3.63) is 186 Å². The second-order valence-electron chi connectivity index (χ2n) is 15.8. The number of benzene rings is 6. The molecule has 9 rings (SSSR count). The fourth-order valence-electron chi connectivity index (χ4n) is 7.59. The van der Waals surface area contributed by atoms with E-state index in [1.807, 2.05) is 92.7 Å². The number of aromatic nitrogens is 4. The van der Waals surface area contributed by atoms with Crippen LogP contribution in [0.15, 0.2) is 159 Å². The number of nitrogens with zero attached hydrogens (tertiary/aromatic N) is 4. The van der Waals surface area contributed by atoms with Crippen LogP contribution >= 0.6 is 11.6 Å². The number of carbonyl (C=O) groups is 3. The fraction of sp³-hybridized carbons (Fsp3) is 0.143. The molecule has 3 aromatic heterocycles. The van der Waals surface area contributed by atoms with Gasteiger partial charge in [-0.3, -0.25) is 28.9 Å². The van der Waals surface area contributed by atoms with Crippen LogP contribution < -0.4 is 28.4 Å². The summed E-state index contributed by atoms with van der Waals surface area (Å²) in [6.07, 6.45) is 8.94. The number of aldehydes is 1. The standard InChI is InChI=1S/C30H25N3O5.C26H22ClNO4/c1-20-7-8-26(23(15-20)22-6-4-3-5-21(22)18-34)38-27-9-11-32-25-17-29(28(36-2)16-24(25)27)37-14-10-30(35)33-13-12-31-19-33;1-17-8-9-22(20(14-17)26(29)18-6-4-3-5-7-18)32-23-10-12-28-21-16-25(31-13-11-27)24(30-2)15-19(21)23/h3-9,11-13,15-19H,10,14H2,1-2H3;3-10,12,14-16H,11,13H2,1-2H3. The first-order valence-corrected chi connectivity index (χ1v) is 22.7. The van der Waals surface area contributed by atoms with Crippen LogP contribution in [0.25, 0.3) is 32.9 Å². The van der Waals surface area contributed by atoms with Crippen LogP contribution in [-0.4, -0.2) is 70.8 Å². The number of imidazole rings is 1. The summed E-state index contributed by atoms with van der Waals surface area (Å²) in [4.78, 5) is 49.9. The maximum absolute atomic E-state index is 13.2. The van der Waals surface area contributed by atoms with Gasteiger partial charge >= 0.3 is 0 Å². The third kappa shape index (κ3) is 11.1. The molecular weight excluding hydrogens is 908 g/mol. The number of ketones is 1. The summed E-state index contributed by atoms with van der Waals surface area (Å²) in [6.45, 7) is 4.46. The lowest BCUT2D eigenvalue weighted by Gasteiger charge is -2.16. The third-order valence-electron chi connectivity index (χ3n) is 11.0. The van der Waals surface area contributed by atoms with E-state index in [1.54, 1.807) is 87.5 Å². The van der Waals surface area contributed by atoms with E-state index in [0.717, 1.165) is 39.3 Å². The normalized spacial score (nSPS) is 10.8. The van der Waals surface area contributed by atoms with Crippen molar-refractivity contribution in [1.82, 2.24) is 19.5 Å². The molecule has 0 atom stereocenters. The van der Waals surface area contributed by atoms with Crippen molar-refractivity contribution < 1.29 is 42.8 Å². The number of fused-ring (bicyclic) bond motifs is 2. The quantitative estimate of drug-likeness (QED) is 0.0485. The smallest absolute Gasteiger partial charge is 0.235 e. The van der Waals surface area contributed by atoms with Crippen LogP contribution in [-0.2, 0) is 0 Å². The Hall–Kier alpha value is -8.55. The van der Waals surface area contributed by atoms with Crippen LogP contribution in [0.5, 0.6) is 46.0 Å². The minimum absolute atomic E-state index is 0.1000. The maximum Gasteiger partial charge on any atom is 0.235 e. The van der Waals surface area contributed by atoms with Gasteiger partial charge in [0, 0.05) is 64.4 Å². The van der Waals surface area contributed by atoms with Gasteiger partial charge in [0.1, 0.15) is 35.9 Å². The highest BCUT2D eigenvalue weighted by Gasteiger charge is 2.19. The Morgan fingerprint density at radius 1 is 0.600 bits per heavy atom. The first kappa shape index (κ1) is 47.9. The first-order chi connectivity index (χ1) is 34.2. The Bertz CT molecular complexity index is 3310. The largest absolute Gasteiger partial charge is 0.493 e. The molecule has 0 aliphatic rings.